The summed E-state index contributed by atoms with van der Waals surface area (Å²) in [5.41, 5.74) is 0. The fraction of sp³-hybridized carbons (Fsp3) is 0.778. The summed E-state index contributed by atoms with van der Waals surface area (Å²) in [4.78, 5) is 0. The van der Waals surface area contributed by atoms with Crippen molar-refractivity contribution < 1.29 is 13.6 Å². The average Bonchev–Trinajstić information content (AvgIpc) is 2.15. The largest absolute Gasteiger partial charge is 0.461 e. The number of hydrogen-bond donors (Lipinski definition) is 0. The smallest absolute Gasteiger partial charge is 0.418 e. The molecule has 0 radical (unpaired) electrons. The molecule has 0 aromatic carbocycles. The molecule has 1 atom stereocenters. The maximum absolute atomic E-state index is 12.4. The van der Waals surface area contributed by atoms with Gasteiger partial charge in [0.15, 0.2) is 0 Å². The van der Waals surface area contributed by atoms with Crippen LogP contribution in [0.2, 0.25) is 0 Å². The molecule has 0 saturated heterocycles. The molecule has 1 unspecified atom stereocenters. The molecule has 0 N–H and O–H groups in total. The van der Waals surface area contributed by atoms with Gasteiger partial charge in [0, 0.05) is 13.1 Å². The van der Waals surface area contributed by atoms with Crippen LogP contribution in [-0.4, -0.2) is 23.9 Å². The number of rotatable bonds is 7. The van der Waals surface area contributed by atoms with E-state index >= 15 is 0 Å². The molecule has 0 saturated carbocycles. The number of nitrogens with zero attached hydrogens (tertiary/aromatic N) is 1. The van der Waals surface area contributed by atoms with Gasteiger partial charge in [-0.25, -0.2) is 4.57 Å². The molecule has 0 aliphatic heterocycles. The van der Waals surface area contributed by atoms with Crippen LogP contribution < -0.4 is 0 Å². The normalized spacial score (nSPS) is 15.0. The van der Waals surface area contributed by atoms with Gasteiger partial charge in [0.2, 0.25) is 0 Å². The first kappa shape index (κ1) is 16.3. The van der Waals surface area contributed by atoms with E-state index in [1.54, 1.807) is 18.5 Å². The summed E-state index contributed by atoms with van der Waals surface area (Å²) in [5, 5.41) is 0. The Balaban J connectivity index is 4.87. The minimum absolute atomic E-state index is 0.0975. The van der Waals surface area contributed by atoms with Gasteiger partial charge >= 0.3 is 7.75 Å². The van der Waals surface area contributed by atoms with E-state index in [4.69, 9.17) is 32.2 Å². The zero-order valence-corrected chi connectivity index (χ0v) is 12.4. The van der Waals surface area contributed by atoms with Crippen LogP contribution in [0, 0.1) is 0 Å². The van der Waals surface area contributed by atoms with Crippen molar-refractivity contribution in [1.29, 1.82) is 0 Å². The first-order valence-electron chi connectivity index (χ1n) is 5.09. The van der Waals surface area contributed by atoms with Gasteiger partial charge in [-0.15, -0.1) is 0 Å². The molecule has 0 spiro atoms. The molecule has 0 aromatic heterocycles. The van der Waals surface area contributed by atoms with Crippen LogP contribution in [0.3, 0.4) is 0 Å². The van der Waals surface area contributed by atoms with Crippen LogP contribution in [0.4, 0.5) is 0 Å². The Bertz CT molecular complexity index is 276. The summed E-state index contributed by atoms with van der Waals surface area (Å²) < 4.78 is 24.3. The van der Waals surface area contributed by atoms with Crippen molar-refractivity contribution in [2.24, 2.45) is 0 Å². The molecule has 0 heterocycles. The van der Waals surface area contributed by atoms with Crippen LogP contribution in [0.25, 0.3) is 0 Å². The summed E-state index contributed by atoms with van der Waals surface area (Å²) in [6, 6.07) is 0. The van der Waals surface area contributed by atoms with Gasteiger partial charge in [-0.1, -0.05) is 37.0 Å². The third-order valence-corrected chi connectivity index (χ3v) is 4.19. The molecule has 16 heavy (non-hydrogen) atoms. The van der Waals surface area contributed by atoms with Gasteiger partial charge in [-0.3, -0.25) is 4.52 Å². The second-order valence-electron chi connectivity index (χ2n) is 3.27. The Hall–Kier alpha value is 0.270. The Labute approximate surface area is 107 Å². The van der Waals surface area contributed by atoms with E-state index in [2.05, 4.69) is 0 Å². The molecule has 0 aromatic rings. The topological polar surface area (TPSA) is 38.8 Å². The quantitative estimate of drug-likeness (QED) is 0.521. The van der Waals surface area contributed by atoms with E-state index in [1.165, 1.54) is 0 Å². The van der Waals surface area contributed by atoms with E-state index in [0.717, 1.165) is 6.26 Å². The summed E-state index contributed by atoms with van der Waals surface area (Å²) in [6.45, 7) is 8.41. The van der Waals surface area contributed by atoms with Gasteiger partial charge in [0.1, 0.15) is 10.8 Å². The third-order valence-electron chi connectivity index (χ3n) is 1.70. The van der Waals surface area contributed by atoms with Gasteiger partial charge in [-0.05, 0) is 13.8 Å². The summed E-state index contributed by atoms with van der Waals surface area (Å²) >= 11 is 10.8. The second kappa shape index (κ2) is 7.57. The van der Waals surface area contributed by atoms with E-state index < -0.39 is 7.75 Å². The van der Waals surface area contributed by atoms with Crippen molar-refractivity contribution in [3.63, 3.8) is 0 Å². The van der Waals surface area contributed by atoms with E-state index in [0.29, 0.717) is 13.1 Å². The SMILES string of the molecule is CCN(CC)P(=O)(OC=C(Cl)Cl)OC(C)C. The number of hydrogen-bond acceptors (Lipinski definition) is 3. The Kier molecular flexibility index (Phi) is 7.70. The fourth-order valence-corrected chi connectivity index (χ4v) is 3.09. The zero-order valence-electron chi connectivity index (χ0n) is 9.94. The molecule has 7 heteroatoms. The Morgan fingerprint density at radius 3 is 2.19 bits per heavy atom. The second-order valence-corrected chi connectivity index (χ2v) is 6.21. The van der Waals surface area contributed by atoms with Crippen molar-refractivity contribution in [3.05, 3.63) is 10.8 Å². The van der Waals surface area contributed by atoms with Crippen LogP contribution >= 0.6 is 30.9 Å². The molecule has 0 amide bonds. The summed E-state index contributed by atoms with van der Waals surface area (Å²) in [5.74, 6) is 0. The predicted molar refractivity (Wildman–Crippen MR) is 67.6 cm³/mol. The third kappa shape index (κ3) is 5.55. The van der Waals surface area contributed by atoms with Crippen LogP contribution in [0.15, 0.2) is 10.8 Å². The highest BCUT2D eigenvalue weighted by Gasteiger charge is 2.33. The maximum Gasteiger partial charge on any atom is 0.461 e. The standard InChI is InChI=1S/C9H18Cl2NO3P/c1-5-12(6-2)16(13,15-8(3)4)14-7-9(10)11/h7-8H,5-6H2,1-4H3. The highest BCUT2D eigenvalue weighted by Crippen LogP contribution is 2.53. The lowest BCUT2D eigenvalue weighted by molar-refractivity contribution is 0.159. The van der Waals surface area contributed by atoms with Crippen molar-refractivity contribution in [3.8, 4) is 0 Å². The molecule has 4 nitrogen and oxygen atoms in total. The van der Waals surface area contributed by atoms with Crippen LogP contribution in [-0.2, 0) is 13.6 Å². The maximum atomic E-state index is 12.4. The minimum Gasteiger partial charge on any atom is -0.418 e. The van der Waals surface area contributed by atoms with Gasteiger partial charge in [0.05, 0.1) is 6.10 Å². The first-order chi connectivity index (χ1) is 7.35. The molecular weight excluding hydrogens is 272 g/mol. The van der Waals surface area contributed by atoms with Gasteiger partial charge < -0.3 is 4.52 Å². The molecule has 0 aliphatic carbocycles. The Morgan fingerprint density at radius 2 is 1.88 bits per heavy atom. The lowest BCUT2D eigenvalue weighted by Crippen LogP contribution is -2.23. The lowest BCUT2D eigenvalue weighted by atomic mass is 10.5. The van der Waals surface area contributed by atoms with Crippen LogP contribution in [0.5, 0.6) is 0 Å². The van der Waals surface area contributed by atoms with Crippen molar-refractivity contribution in [1.82, 2.24) is 4.67 Å². The molecular formula is C9H18Cl2NO3P. The number of halogens is 2. The van der Waals surface area contributed by atoms with Crippen molar-refractivity contribution >= 4 is 30.9 Å². The molecule has 0 aliphatic rings. The van der Waals surface area contributed by atoms with E-state index in [1.807, 2.05) is 13.8 Å². The van der Waals surface area contributed by atoms with Crippen molar-refractivity contribution in [2.45, 2.75) is 33.8 Å². The van der Waals surface area contributed by atoms with Crippen molar-refractivity contribution in [2.75, 3.05) is 13.1 Å². The minimum atomic E-state index is -3.35. The predicted octanol–water partition coefficient (Wildman–Crippen LogP) is 4.15. The highest BCUT2D eigenvalue weighted by atomic mass is 35.5. The van der Waals surface area contributed by atoms with E-state index in [9.17, 15) is 4.57 Å². The first-order valence-corrected chi connectivity index (χ1v) is 7.34. The van der Waals surface area contributed by atoms with Gasteiger partial charge in [-0.2, -0.15) is 4.67 Å². The monoisotopic (exact) mass is 289 g/mol. The van der Waals surface area contributed by atoms with E-state index in [-0.39, 0.29) is 10.6 Å². The molecule has 0 bridgehead atoms. The zero-order chi connectivity index (χ0) is 12.8. The highest BCUT2D eigenvalue weighted by molar-refractivity contribution is 7.51. The summed E-state index contributed by atoms with van der Waals surface area (Å²) in [7, 11) is -3.35. The van der Waals surface area contributed by atoms with Gasteiger partial charge in [0.25, 0.3) is 0 Å². The van der Waals surface area contributed by atoms with Crippen LogP contribution in [0.1, 0.15) is 27.7 Å². The fourth-order valence-electron chi connectivity index (χ4n) is 1.10. The Morgan fingerprint density at radius 1 is 1.38 bits per heavy atom. The lowest BCUT2D eigenvalue weighted by Gasteiger charge is -2.28. The summed E-state index contributed by atoms with van der Waals surface area (Å²) in [6.07, 6.45) is 0.818. The molecule has 96 valence electrons. The molecule has 0 fully saturated rings. The molecule has 0 rings (SSSR count). The average molecular weight is 290 g/mol.